The SMILES string of the molecule is CC(C)(C)N(C(=O)O)[C@H]1CC[C@H](C(=O)N2CC(c3ccc(C(F)(F)F)cc3)C2)CC1. The first kappa shape index (κ1) is 22.4. The van der Waals surface area contributed by atoms with Gasteiger partial charge in [-0.1, -0.05) is 12.1 Å². The van der Waals surface area contributed by atoms with Gasteiger partial charge in [0.05, 0.1) is 5.56 Å². The zero-order valence-electron chi connectivity index (χ0n) is 17.6. The van der Waals surface area contributed by atoms with Gasteiger partial charge in [-0.05, 0) is 64.2 Å². The Morgan fingerprint density at radius 2 is 1.53 bits per heavy atom. The summed E-state index contributed by atoms with van der Waals surface area (Å²) in [6.07, 6.45) is -2.64. The minimum atomic E-state index is -4.35. The van der Waals surface area contributed by atoms with Crippen molar-refractivity contribution in [2.45, 2.75) is 70.1 Å². The van der Waals surface area contributed by atoms with Crippen molar-refractivity contribution in [2.75, 3.05) is 13.1 Å². The Labute approximate surface area is 174 Å². The summed E-state index contributed by atoms with van der Waals surface area (Å²) in [5, 5.41) is 9.56. The molecule has 1 aromatic carbocycles. The number of likely N-dealkylation sites (tertiary alicyclic amines) is 1. The Kier molecular flexibility index (Phi) is 6.07. The highest BCUT2D eigenvalue weighted by Crippen LogP contribution is 2.36. The second-order valence-corrected chi connectivity index (χ2v) is 9.39. The second-order valence-electron chi connectivity index (χ2n) is 9.39. The monoisotopic (exact) mass is 426 g/mol. The molecule has 0 unspecified atom stereocenters. The average Bonchev–Trinajstić information content (AvgIpc) is 2.59. The fourth-order valence-electron chi connectivity index (χ4n) is 4.64. The van der Waals surface area contributed by atoms with E-state index in [0.717, 1.165) is 17.7 Å². The molecule has 5 nitrogen and oxygen atoms in total. The standard InChI is InChI=1S/C22H29F3N2O3/c1-21(2,3)27(20(29)30)18-10-6-15(7-11-18)19(28)26-12-16(13-26)14-4-8-17(9-5-14)22(23,24)25/h4-5,8-9,15-16,18H,6-7,10-13H2,1-3H3,(H,29,30)/t15-,18-. The number of benzene rings is 1. The van der Waals surface area contributed by atoms with E-state index in [-0.39, 0.29) is 23.8 Å². The third kappa shape index (κ3) is 4.73. The minimum absolute atomic E-state index is 0.0657. The predicted molar refractivity (Wildman–Crippen MR) is 106 cm³/mol. The molecule has 2 aliphatic rings. The molecule has 2 amide bonds. The first-order chi connectivity index (χ1) is 13.9. The smallest absolute Gasteiger partial charge is 0.416 e. The number of alkyl halides is 3. The third-order valence-corrected chi connectivity index (χ3v) is 6.24. The van der Waals surface area contributed by atoms with Crippen LogP contribution in [0.4, 0.5) is 18.0 Å². The molecular weight excluding hydrogens is 397 g/mol. The zero-order chi connectivity index (χ0) is 22.3. The third-order valence-electron chi connectivity index (χ3n) is 6.24. The molecule has 166 valence electrons. The van der Waals surface area contributed by atoms with Crippen molar-refractivity contribution in [3.05, 3.63) is 35.4 Å². The first-order valence-corrected chi connectivity index (χ1v) is 10.4. The molecular formula is C22H29F3N2O3. The number of amides is 2. The van der Waals surface area contributed by atoms with Crippen LogP contribution < -0.4 is 0 Å². The molecule has 30 heavy (non-hydrogen) atoms. The highest BCUT2D eigenvalue weighted by Gasteiger charge is 2.40. The number of rotatable bonds is 3. The number of nitrogens with zero attached hydrogens (tertiary/aromatic N) is 2. The van der Waals surface area contributed by atoms with Gasteiger partial charge in [-0.15, -0.1) is 0 Å². The summed E-state index contributed by atoms with van der Waals surface area (Å²) in [7, 11) is 0. The molecule has 1 saturated carbocycles. The van der Waals surface area contributed by atoms with Crippen LogP contribution in [0.1, 0.15) is 63.5 Å². The van der Waals surface area contributed by atoms with Gasteiger partial charge in [0.1, 0.15) is 0 Å². The van der Waals surface area contributed by atoms with Gasteiger partial charge in [0.15, 0.2) is 0 Å². The summed E-state index contributed by atoms with van der Waals surface area (Å²) < 4.78 is 38.1. The lowest BCUT2D eigenvalue weighted by Crippen LogP contribution is -2.54. The van der Waals surface area contributed by atoms with Crippen molar-refractivity contribution in [1.29, 1.82) is 0 Å². The summed E-state index contributed by atoms with van der Waals surface area (Å²) in [5.41, 5.74) is -0.335. The van der Waals surface area contributed by atoms with Gasteiger partial charge in [0.25, 0.3) is 0 Å². The molecule has 0 radical (unpaired) electrons. The largest absolute Gasteiger partial charge is 0.465 e. The van der Waals surface area contributed by atoms with Crippen molar-refractivity contribution in [3.63, 3.8) is 0 Å². The van der Waals surface area contributed by atoms with Crippen LogP contribution in [0.15, 0.2) is 24.3 Å². The Balaban J connectivity index is 1.51. The van der Waals surface area contributed by atoms with E-state index in [4.69, 9.17) is 0 Å². The van der Waals surface area contributed by atoms with Crippen LogP contribution in [0.5, 0.6) is 0 Å². The summed E-state index contributed by atoms with van der Waals surface area (Å²) in [6.45, 7) is 6.67. The summed E-state index contributed by atoms with van der Waals surface area (Å²) in [5.74, 6) is 0.0376. The number of halogens is 3. The first-order valence-electron chi connectivity index (χ1n) is 10.4. The maximum Gasteiger partial charge on any atom is 0.416 e. The van der Waals surface area contributed by atoms with E-state index in [0.29, 0.717) is 38.8 Å². The van der Waals surface area contributed by atoms with E-state index in [9.17, 15) is 27.9 Å². The van der Waals surface area contributed by atoms with Crippen LogP contribution in [0.25, 0.3) is 0 Å². The van der Waals surface area contributed by atoms with Crippen molar-refractivity contribution >= 4 is 12.0 Å². The Hall–Kier alpha value is -2.25. The van der Waals surface area contributed by atoms with Crippen LogP contribution >= 0.6 is 0 Å². The number of hydrogen-bond donors (Lipinski definition) is 1. The normalized spacial score (nSPS) is 23.1. The van der Waals surface area contributed by atoms with Gasteiger partial charge in [-0.25, -0.2) is 4.79 Å². The second kappa shape index (κ2) is 8.12. The number of carboxylic acid groups (broad SMARTS) is 1. The molecule has 8 heteroatoms. The van der Waals surface area contributed by atoms with Crippen LogP contribution in [-0.2, 0) is 11.0 Å². The van der Waals surface area contributed by atoms with Gasteiger partial charge < -0.3 is 14.9 Å². The van der Waals surface area contributed by atoms with Crippen molar-refractivity contribution in [2.24, 2.45) is 5.92 Å². The molecule has 0 aromatic heterocycles. The average molecular weight is 426 g/mol. The van der Waals surface area contributed by atoms with E-state index in [1.165, 1.54) is 17.0 Å². The molecule has 0 spiro atoms. The number of carbonyl (C=O) groups is 2. The number of hydrogen-bond acceptors (Lipinski definition) is 2. The molecule has 1 N–H and O–H groups in total. The van der Waals surface area contributed by atoms with E-state index in [2.05, 4.69) is 0 Å². The van der Waals surface area contributed by atoms with E-state index in [1.54, 1.807) is 4.90 Å². The zero-order valence-corrected chi connectivity index (χ0v) is 17.6. The topological polar surface area (TPSA) is 60.9 Å². The van der Waals surface area contributed by atoms with Gasteiger partial charge in [0, 0.05) is 36.5 Å². The molecule has 1 aromatic rings. The Morgan fingerprint density at radius 1 is 1.00 bits per heavy atom. The van der Waals surface area contributed by atoms with Gasteiger partial charge in [-0.2, -0.15) is 13.2 Å². The molecule has 1 aliphatic carbocycles. The molecule has 1 heterocycles. The lowest BCUT2D eigenvalue weighted by atomic mass is 9.81. The van der Waals surface area contributed by atoms with Crippen molar-refractivity contribution in [1.82, 2.24) is 9.80 Å². The van der Waals surface area contributed by atoms with E-state index in [1.807, 2.05) is 20.8 Å². The predicted octanol–water partition coefficient (Wildman–Crippen LogP) is 4.97. The minimum Gasteiger partial charge on any atom is -0.465 e. The van der Waals surface area contributed by atoms with Crippen molar-refractivity contribution < 1.29 is 27.9 Å². The number of carbonyl (C=O) groups excluding carboxylic acids is 1. The highest BCUT2D eigenvalue weighted by molar-refractivity contribution is 5.80. The van der Waals surface area contributed by atoms with Crippen molar-refractivity contribution in [3.8, 4) is 0 Å². The lowest BCUT2D eigenvalue weighted by Gasteiger charge is -2.45. The highest BCUT2D eigenvalue weighted by atomic mass is 19.4. The van der Waals surface area contributed by atoms with Gasteiger partial charge in [-0.3, -0.25) is 4.79 Å². The maximum absolute atomic E-state index is 12.8. The summed E-state index contributed by atoms with van der Waals surface area (Å²) in [6, 6.07) is 5.08. The Bertz CT molecular complexity index is 772. The summed E-state index contributed by atoms with van der Waals surface area (Å²) >= 11 is 0. The maximum atomic E-state index is 12.8. The van der Waals surface area contributed by atoms with E-state index < -0.39 is 23.4 Å². The molecule has 2 fully saturated rings. The molecule has 1 saturated heterocycles. The van der Waals surface area contributed by atoms with Crippen LogP contribution in [0.3, 0.4) is 0 Å². The molecule has 3 rings (SSSR count). The lowest BCUT2D eigenvalue weighted by molar-refractivity contribution is -0.141. The molecule has 0 bridgehead atoms. The Morgan fingerprint density at radius 3 is 1.97 bits per heavy atom. The fourth-order valence-corrected chi connectivity index (χ4v) is 4.64. The quantitative estimate of drug-likeness (QED) is 0.743. The summed E-state index contributed by atoms with van der Waals surface area (Å²) in [4.78, 5) is 27.7. The molecule has 1 aliphatic heterocycles. The van der Waals surface area contributed by atoms with Gasteiger partial charge in [0.2, 0.25) is 5.91 Å². The van der Waals surface area contributed by atoms with E-state index >= 15 is 0 Å². The molecule has 0 atom stereocenters. The van der Waals surface area contributed by atoms with Gasteiger partial charge >= 0.3 is 12.3 Å². The van der Waals surface area contributed by atoms with Crippen LogP contribution in [-0.4, -0.2) is 51.6 Å². The van der Waals surface area contributed by atoms with Crippen LogP contribution in [0.2, 0.25) is 0 Å². The fraction of sp³-hybridized carbons (Fsp3) is 0.636. The van der Waals surface area contributed by atoms with Crippen LogP contribution in [0, 0.1) is 5.92 Å².